The van der Waals surface area contributed by atoms with Crippen LogP contribution in [0.2, 0.25) is 5.02 Å². The van der Waals surface area contributed by atoms with Crippen LogP contribution in [0, 0.1) is 12.3 Å². The van der Waals surface area contributed by atoms with E-state index in [0.717, 1.165) is 22.3 Å². The van der Waals surface area contributed by atoms with Gasteiger partial charge in [-0.25, -0.2) is 9.97 Å². The van der Waals surface area contributed by atoms with E-state index in [0.29, 0.717) is 34.5 Å². The summed E-state index contributed by atoms with van der Waals surface area (Å²) in [6.07, 6.45) is 2.96. The van der Waals surface area contributed by atoms with Crippen molar-refractivity contribution in [1.82, 2.24) is 19.9 Å². The monoisotopic (exact) mass is 495 g/mol. The topological polar surface area (TPSA) is 130 Å². The highest BCUT2D eigenvalue weighted by molar-refractivity contribution is 6.32. The molecule has 10 heteroatoms. The van der Waals surface area contributed by atoms with Gasteiger partial charge in [0.25, 0.3) is 5.91 Å². The second-order valence-electron chi connectivity index (χ2n) is 8.31. The summed E-state index contributed by atoms with van der Waals surface area (Å²) in [7, 11) is 3.37. The molecule has 0 aliphatic rings. The summed E-state index contributed by atoms with van der Waals surface area (Å²) >= 11 is 6.69. The van der Waals surface area contributed by atoms with Gasteiger partial charge in [-0.1, -0.05) is 11.6 Å². The average molecular weight is 496 g/mol. The van der Waals surface area contributed by atoms with E-state index in [1.165, 1.54) is 11.2 Å². The van der Waals surface area contributed by atoms with Crippen LogP contribution in [-0.2, 0) is 0 Å². The molecular formula is C25H30ClN7O2. The lowest BCUT2D eigenvalue weighted by Gasteiger charge is -2.24. The van der Waals surface area contributed by atoms with E-state index in [2.05, 4.69) is 20.3 Å². The number of hydrogen-bond acceptors (Lipinski definition) is 8. The number of nitrogen functional groups attached to an aromatic ring is 1. The summed E-state index contributed by atoms with van der Waals surface area (Å²) in [5, 5.41) is 12.0. The Kier molecular flexibility index (Phi) is 7.91. The summed E-state index contributed by atoms with van der Waals surface area (Å²) in [6, 6.07) is 5.12. The van der Waals surface area contributed by atoms with Crippen molar-refractivity contribution >= 4 is 34.9 Å². The van der Waals surface area contributed by atoms with Crippen molar-refractivity contribution < 1.29 is 9.53 Å². The van der Waals surface area contributed by atoms with Gasteiger partial charge in [0.05, 0.1) is 18.2 Å². The SMILES string of the molecule is CCOc1c(C(C)Nc2ncnc(N)c2C(C)=N)cc(Cl)c(C)c1-c1ccnc(C(=O)N(C)C)c1. The first-order valence-corrected chi connectivity index (χ1v) is 11.5. The summed E-state index contributed by atoms with van der Waals surface area (Å²) in [5.41, 5.74) is 10.2. The first kappa shape index (κ1) is 25.9. The number of halogens is 1. The molecule has 0 saturated heterocycles. The molecule has 2 heterocycles. The van der Waals surface area contributed by atoms with Crippen molar-refractivity contribution in [3.05, 3.63) is 58.1 Å². The zero-order valence-electron chi connectivity index (χ0n) is 20.7. The van der Waals surface area contributed by atoms with Crippen molar-refractivity contribution in [2.75, 3.05) is 31.8 Å². The molecule has 4 N–H and O–H groups in total. The maximum Gasteiger partial charge on any atom is 0.271 e. The molecule has 0 radical (unpaired) electrons. The van der Waals surface area contributed by atoms with Crippen molar-refractivity contribution in [3.8, 4) is 16.9 Å². The highest BCUT2D eigenvalue weighted by Crippen LogP contribution is 2.43. The van der Waals surface area contributed by atoms with Crippen molar-refractivity contribution in [2.24, 2.45) is 0 Å². The Hall–Kier alpha value is -3.72. The van der Waals surface area contributed by atoms with Gasteiger partial charge in [-0.2, -0.15) is 0 Å². The Morgan fingerprint density at radius 3 is 2.63 bits per heavy atom. The number of carbonyl (C=O) groups is 1. The molecule has 1 unspecified atom stereocenters. The number of nitrogens with zero attached hydrogens (tertiary/aromatic N) is 4. The minimum atomic E-state index is -0.314. The summed E-state index contributed by atoms with van der Waals surface area (Å²) < 4.78 is 6.15. The van der Waals surface area contributed by atoms with Crippen molar-refractivity contribution in [1.29, 1.82) is 5.41 Å². The van der Waals surface area contributed by atoms with Crippen LogP contribution in [-0.4, -0.2) is 52.2 Å². The Morgan fingerprint density at radius 2 is 2.00 bits per heavy atom. The summed E-state index contributed by atoms with van der Waals surface area (Å²) in [4.78, 5) is 26.6. The number of rotatable bonds is 8. The van der Waals surface area contributed by atoms with Gasteiger partial charge < -0.3 is 26.1 Å². The number of aromatic nitrogens is 3. The van der Waals surface area contributed by atoms with E-state index < -0.39 is 0 Å². The van der Waals surface area contributed by atoms with Crippen LogP contribution in [0.25, 0.3) is 11.1 Å². The quantitative estimate of drug-likeness (QED) is 0.384. The molecule has 1 amide bonds. The van der Waals surface area contributed by atoms with Crippen LogP contribution in [0.5, 0.6) is 5.75 Å². The van der Waals surface area contributed by atoms with E-state index in [9.17, 15) is 4.79 Å². The molecule has 0 aliphatic carbocycles. The molecule has 3 rings (SSSR count). The van der Waals surface area contributed by atoms with Crippen LogP contribution in [0.4, 0.5) is 11.6 Å². The minimum absolute atomic E-state index is 0.198. The van der Waals surface area contributed by atoms with E-state index in [-0.39, 0.29) is 23.5 Å². The second-order valence-corrected chi connectivity index (χ2v) is 8.72. The fraction of sp³-hybridized carbons (Fsp3) is 0.320. The molecule has 9 nitrogen and oxygen atoms in total. The molecular weight excluding hydrogens is 466 g/mol. The number of anilines is 2. The van der Waals surface area contributed by atoms with Gasteiger partial charge >= 0.3 is 0 Å². The fourth-order valence-electron chi connectivity index (χ4n) is 3.81. The Morgan fingerprint density at radius 1 is 1.29 bits per heavy atom. The van der Waals surface area contributed by atoms with Crippen LogP contribution < -0.4 is 15.8 Å². The number of carbonyl (C=O) groups excluding carboxylic acids is 1. The van der Waals surface area contributed by atoms with Gasteiger partial charge in [0, 0.05) is 42.2 Å². The first-order valence-electron chi connectivity index (χ1n) is 11.1. The number of nitrogens with two attached hydrogens (primary N) is 1. The summed E-state index contributed by atoms with van der Waals surface area (Å²) in [5.74, 6) is 1.11. The van der Waals surface area contributed by atoms with E-state index in [1.54, 1.807) is 33.3 Å². The number of nitrogens with one attached hydrogen (secondary N) is 2. The molecule has 1 atom stereocenters. The van der Waals surface area contributed by atoms with Gasteiger partial charge in [0.2, 0.25) is 0 Å². The predicted molar refractivity (Wildman–Crippen MR) is 140 cm³/mol. The molecule has 1 aromatic carbocycles. The van der Waals surface area contributed by atoms with Crippen LogP contribution in [0.3, 0.4) is 0 Å². The fourth-order valence-corrected chi connectivity index (χ4v) is 4.02. The van der Waals surface area contributed by atoms with Crippen molar-refractivity contribution in [2.45, 2.75) is 33.7 Å². The number of pyridine rings is 1. The lowest BCUT2D eigenvalue weighted by molar-refractivity contribution is 0.0822. The molecule has 0 saturated carbocycles. The predicted octanol–water partition coefficient (Wildman–Crippen LogP) is 4.74. The number of benzene rings is 1. The van der Waals surface area contributed by atoms with Gasteiger partial charge in [0.1, 0.15) is 29.4 Å². The molecule has 2 aromatic heterocycles. The molecule has 0 bridgehead atoms. The van der Waals surface area contributed by atoms with Crippen molar-refractivity contribution in [3.63, 3.8) is 0 Å². The molecule has 184 valence electrons. The standard InChI is InChI=1S/C25H30ClN7O2/c1-7-35-22-17(15(4)32-24-21(14(3)27)23(28)30-12-31-24)11-18(26)13(2)20(22)16-8-9-29-19(10-16)25(34)33(5)6/h8-12,15,27H,7H2,1-6H3,(H3,28,30,31,32). The van der Waals surface area contributed by atoms with E-state index in [4.69, 9.17) is 27.5 Å². The van der Waals surface area contributed by atoms with Crippen LogP contribution in [0.1, 0.15) is 54.0 Å². The smallest absolute Gasteiger partial charge is 0.271 e. The Bertz CT molecular complexity index is 1280. The normalized spacial score (nSPS) is 11.6. The number of ether oxygens (including phenoxy) is 1. The molecule has 0 spiro atoms. The summed E-state index contributed by atoms with van der Waals surface area (Å²) in [6.45, 7) is 7.83. The molecule has 35 heavy (non-hydrogen) atoms. The van der Waals surface area contributed by atoms with E-state index in [1.807, 2.05) is 32.9 Å². The average Bonchev–Trinajstić information content (AvgIpc) is 2.80. The lowest BCUT2D eigenvalue weighted by atomic mass is 9.93. The largest absolute Gasteiger partial charge is 0.493 e. The molecule has 0 fully saturated rings. The van der Waals surface area contributed by atoms with Gasteiger partial charge in [-0.15, -0.1) is 0 Å². The van der Waals surface area contributed by atoms with Gasteiger partial charge in [-0.05, 0) is 57.0 Å². The maximum atomic E-state index is 12.5. The van der Waals surface area contributed by atoms with Gasteiger partial charge in [-0.3, -0.25) is 9.78 Å². The zero-order chi connectivity index (χ0) is 25.9. The highest BCUT2D eigenvalue weighted by atomic mass is 35.5. The number of amides is 1. The Labute approximate surface area is 210 Å². The van der Waals surface area contributed by atoms with Crippen LogP contribution in [0.15, 0.2) is 30.7 Å². The maximum absolute atomic E-state index is 12.5. The Balaban J connectivity index is 2.17. The third-order valence-corrected chi connectivity index (χ3v) is 5.93. The lowest BCUT2D eigenvalue weighted by Crippen LogP contribution is -2.22. The zero-order valence-corrected chi connectivity index (χ0v) is 21.5. The molecule has 0 aliphatic heterocycles. The minimum Gasteiger partial charge on any atom is -0.493 e. The third kappa shape index (κ3) is 5.35. The van der Waals surface area contributed by atoms with Gasteiger partial charge in [0.15, 0.2) is 0 Å². The van der Waals surface area contributed by atoms with Crippen LogP contribution >= 0.6 is 11.6 Å². The van der Waals surface area contributed by atoms with E-state index >= 15 is 0 Å². The molecule has 3 aromatic rings. The first-order chi connectivity index (χ1) is 16.6. The third-order valence-electron chi connectivity index (χ3n) is 5.54. The second kappa shape index (κ2) is 10.7. The number of hydrogen-bond donors (Lipinski definition) is 3. The highest BCUT2D eigenvalue weighted by Gasteiger charge is 2.24.